The molecule has 2 N–H and O–H groups in total. The first kappa shape index (κ1) is 24.1. The topological polar surface area (TPSA) is 122 Å². The lowest BCUT2D eigenvalue weighted by molar-refractivity contribution is 0.0729. The van der Waals surface area contributed by atoms with Crippen molar-refractivity contribution in [3.63, 3.8) is 0 Å². The maximum absolute atomic E-state index is 14.4. The number of sulfonamides is 2. The largest absolute Gasteiger partial charge is 0.379 e. The van der Waals surface area contributed by atoms with Crippen molar-refractivity contribution in [3.8, 4) is 0 Å². The fourth-order valence-corrected chi connectivity index (χ4v) is 5.27. The Morgan fingerprint density at radius 3 is 2.44 bits per heavy atom. The Hall–Kier alpha value is -2.54. The van der Waals surface area contributed by atoms with Crippen molar-refractivity contribution in [2.75, 3.05) is 37.3 Å². The molecule has 2 aromatic carbocycles. The highest BCUT2D eigenvalue weighted by molar-refractivity contribution is 7.92. The van der Waals surface area contributed by atoms with Crippen LogP contribution in [0.2, 0.25) is 0 Å². The van der Waals surface area contributed by atoms with E-state index in [9.17, 15) is 26.0 Å². The number of carbonyl (C=O) groups is 1. The van der Waals surface area contributed by atoms with E-state index in [1.165, 1.54) is 6.07 Å². The van der Waals surface area contributed by atoms with Crippen molar-refractivity contribution >= 4 is 31.6 Å². The van der Waals surface area contributed by atoms with Gasteiger partial charge >= 0.3 is 0 Å². The van der Waals surface area contributed by atoms with Crippen LogP contribution in [0.15, 0.2) is 47.4 Å². The second kappa shape index (κ2) is 9.53. The summed E-state index contributed by atoms with van der Waals surface area (Å²) in [5, 5.41) is 2.71. The van der Waals surface area contributed by atoms with Gasteiger partial charge in [0, 0.05) is 24.3 Å². The van der Waals surface area contributed by atoms with E-state index in [1.807, 2.05) is 0 Å². The van der Waals surface area contributed by atoms with E-state index in [0.29, 0.717) is 11.3 Å². The van der Waals surface area contributed by atoms with E-state index in [2.05, 4.69) is 10.0 Å². The van der Waals surface area contributed by atoms with Crippen molar-refractivity contribution < 1.29 is 30.8 Å². The van der Waals surface area contributed by atoms with E-state index in [0.717, 1.165) is 22.7 Å². The second-order valence-electron chi connectivity index (χ2n) is 7.36. The summed E-state index contributed by atoms with van der Waals surface area (Å²) in [6.07, 6.45) is 1.03. The third kappa shape index (κ3) is 5.82. The second-order valence-corrected chi connectivity index (χ2v) is 11.0. The Morgan fingerprint density at radius 1 is 1.09 bits per heavy atom. The molecule has 3 rings (SSSR count). The Kier molecular flexibility index (Phi) is 7.18. The Morgan fingerprint density at radius 2 is 1.78 bits per heavy atom. The maximum atomic E-state index is 14.4. The predicted octanol–water partition coefficient (Wildman–Crippen LogP) is 1.71. The number of ether oxygens (including phenoxy) is 1. The van der Waals surface area contributed by atoms with Crippen LogP contribution in [-0.4, -0.2) is 59.6 Å². The summed E-state index contributed by atoms with van der Waals surface area (Å²) in [6.45, 7) is 2.32. The first-order valence-corrected chi connectivity index (χ1v) is 13.1. The molecule has 0 aliphatic carbocycles. The summed E-state index contributed by atoms with van der Waals surface area (Å²) >= 11 is 0. The average Bonchev–Trinajstić information content (AvgIpc) is 2.73. The zero-order valence-corrected chi connectivity index (χ0v) is 19.2. The van der Waals surface area contributed by atoms with Gasteiger partial charge < -0.3 is 10.1 Å². The number of hydrogen-bond donors (Lipinski definition) is 2. The van der Waals surface area contributed by atoms with Gasteiger partial charge in [-0.2, -0.15) is 4.31 Å². The number of halogens is 1. The van der Waals surface area contributed by atoms with Crippen LogP contribution in [-0.2, 0) is 24.8 Å². The molecular formula is C20H24FN3O6S2. The molecule has 1 heterocycles. The van der Waals surface area contributed by atoms with Crippen LogP contribution in [0.25, 0.3) is 0 Å². The van der Waals surface area contributed by atoms with Gasteiger partial charge in [0.25, 0.3) is 5.91 Å². The summed E-state index contributed by atoms with van der Waals surface area (Å²) in [4.78, 5) is 12.2. The number of benzene rings is 2. The fraction of sp³-hybridized carbons (Fsp3) is 0.350. The van der Waals surface area contributed by atoms with Crippen LogP contribution in [0, 0.1) is 5.82 Å². The molecule has 1 unspecified atom stereocenters. The summed E-state index contributed by atoms with van der Waals surface area (Å²) in [6, 6.07) is 9.12. The van der Waals surface area contributed by atoms with Crippen LogP contribution < -0.4 is 10.0 Å². The molecule has 0 radical (unpaired) electrons. The minimum Gasteiger partial charge on any atom is -0.379 e. The summed E-state index contributed by atoms with van der Waals surface area (Å²) in [5.41, 5.74) is 0.942. The fourth-order valence-electron chi connectivity index (χ4n) is 3.22. The monoisotopic (exact) mass is 485 g/mol. The molecule has 9 nitrogen and oxygen atoms in total. The Labute approximate surface area is 186 Å². The number of carbonyl (C=O) groups excluding carboxylic acids is 1. The third-order valence-corrected chi connectivity index (χ3v) is 7.34. The van der Waals surface area contributed by atoms with Gasteiger partial charge in [-0.25, -0.2) is 21.2 Å². The van der Waals surface area contributed by atoms with Crippen molar-refractivity contribution in [1.82, 2.24) is 9.62 Å². The van der Waals surface area contributed by atoms with Gasteiger partial charge in [-0.15, -0.1) is 0 Å². The third-order valence-electron chi connectivity index (χ3n) is 4.82. The van der Waals surface area contributed by atoms with E-state index in [4.69, 9.17) is 4.74 Å². The molecule has 1 aliphatic heterocycles. The lowest BCUT2D eigenvalue weighted by Crippen LogP contribution is -2.41. The van der Waals surface area contributed by atoms with Crippen LogP contribution in [0.4, 0.5) is 10.1 Å². The molecule has 2 aromatic rings. The van der Waals surface area contributed by atoms with E-state index >= 15 is 0 Å². The summed E-state index contributed by atoms with van der Waals surface area (Å²) in [5.74, 6) is -1.54. The molecule has 32 heavy (non-hydrogen) atoms. The molecule has 1 atom stereocenters. The molecule has 1 fully saturated rings. The van der Waals surface area contributed by atoms with Gasteiger partial charge in [-0.3, -0.25) is 9.52 Å². The van der Waals surface area contributed by atoms with Crippen LogP contribution in [0.1, 0.15) is 28.9 Å². The zero-order valence-electron chi connectivity index (χ0n) is 17.5. The predicted molar refractivity (Wildman–Crippen MR) is 117 cm³/mol. The normalized spacial score (nSPS) is 16.3. The number of anilines is 1. The lowest BCUT2D eigenvalue weighted by atomic mass is 10.1. The molecule has 0 bridgehead atoms. The molecule has 12 heteroatoms. The molecule has 1 amide bonds. The van der Waals surface area contributed by atoms with Crippen molar-refractivity contribution in [3.05, 3.63) is 59.4 Å². The van der Waals surface area contributed by atoms with Crippen molar-refractivity contribution in [2.24, 2.45) is 0 Å². The standard InChI is InChI=1S/C20H24FN3O6S2/c1-14(15-4-3-5-17(12-15)23-31(2,26)27)22-20(25)16-6-7-18(21)19(13-16)32(28,29)24-8-10-30-11-9-24/h3-7,12-14,23H,8-11H2,1-2H3,(H,22,25). The smallest absolute Gasteiger partial charge is 0.251 e. The lowest BCUT2D eigenvalue weighted by Gasteiger charge is -2.26. The van der Waals surface area contributed by atoms with E-state index < -0.39 is 42.7 Å². The molecule has 1 saturated heterocycles. The van der Waals surface area contributed by atoms with Gasteiger partial charge in [-0.05, 0) is 42.8 Å². The average molecular weight is 486 g/mol. The summed E-state index contributed by atoms with van der Waals surface area (Å²) in [7, 11) is -7.58. The number of rotatable bonds is 7. The quantitative estimate of drug-likeness (QED) is 0.616. The SMILES string of the molecule is CC(NC(=O)c1ccc(F)c(S(=O)(=O)N2CCOCC2)c1)c1cccc(NS(C)(=O)=O)c1. The molecule has 0 spiro atoms. The van der Waals surface area contributed by atoms with Gasteiger partial charge in [0.2, 0.25) is 20.0 Å². The minimum atomic E-state index is -4.12. The number of hydrogen-bond acceptors (Lipinski definition) is 6. The van der Waals surface area contributed by atoms with Crippen LogP contribution >= 0.6 is 0 Å². The van der Waals surface area contributed by atoms with Crippen LogP contribution in [0.5, 0.6) is 0 Å². The highest BCUT2D eigenvalue weighted by Crippen LogP contribution is 2.23. The number of nitrogens with one attached hydrogen (secondary N) is 2. The molecule has 0 saturated carbocycles. The van der Waals surface area contributed by atoms with Crippen LogP contribution in [0.3, 0.4) is 0 Å². The van der Waals surface area contributed by atoms with Crippen molar-refractivity contribution in [1.29, 1.82) is 0 Å². The van der Waals surface area contributed by atoms with E-state index in [1.54, 1.807) is 31.2 Å². The summed E-state index contributed by atoms with van der Waals surface area (Å²) < 4.78 is 71.5. The Bertz CT molecular complexity index is 1210. The molecule has 0 aromatic heterocycles. The van der Waals surface area contributed by atoms with Gasteiger partial charge in [0.15, 0.2) is 0 Å². The van der Waals surface area contributed by atoms with Gasteiger partial charge in [0.05, 0.1) is 25.5 Å². The first-order chi connectivity index (χ1) is 15.0. The molecule has 174 valence electrons. The number of morpholine rings is 1. The zero-order chi connectivity index (χ0) is 23.5. The Balaban J connectivity index is 1.80. The van der Waals surface area contributed by atoms with Gasteiger partial charge in [-0.1, -0.05) is 12.1 Å². The first-order valence-electron chi connectivity index (χ1n) is 9.73. The van der Waals surface area contributed by atoms with Gasteiger partial charge in [0.1, 0.15) is 10.7 Å². The number of amides is 1. The highest BCUT2D eigenvalue weighted by atomic mass is 32.2. The highest BCUT2D eigenvalue weighted by Gasteiger charge is 2.30. The minimum absolute atomic E-state index is 0.0181. The molecule has 1 aliphatic rings. The molecular weight excluding hydrogens is 461 g/mol. The number of nitrogens with zero attached hydrogens (tertiary/aromatic N) is 1. The van der Waals surface area contributed by atoms with E-state index in [-0.39, 0.29) is 31.9 Å². The van der Waals surface area contributed by atoms with Crippen molar-refractivity contribution in [2.45, 2.75) is 17.9 Å². The maximum Gasteiger partial charge on any atom is 0.251 e.